The van der Waals surface area contributed by atoms with Crippen molar-refractivity contribution in [2.24, 2.45) is 5.92 Å². The van der Waals surface area contributed by atoms with Gasteiger partial charge in [0.15, 0.2) is 6.10 Å². The maximum atomic E-state index is 11.8. The molecule has 0 heterocycles. The van der Waals surface area contributed by atoms with Crippen molar-refractivity contribution >= 4 is 5.97 Å². The molecule has 1 unspecified atom stereocenters. The maximum Gasteiger partial charge on any atom is 0.347 e. The molecule has 4 heteroatoms. The third kappa shape index (κ3) is 4.81. The molecular weight excluding hydrogens is 244 g/mol. The van der Waals surface area contributed by atoms with Crippen LogP contribution < -0.4 is 9.47 Å². The van der Waals surface area contributed by atoms with E-state index in [0.29, 0.717) is 19.0 Å². The Hall–Kier alpha value is -1.71. The largest absolute Gasteiger partial charge is 0.494 e. The summed E-state index contributed by atoms with van der Waals surface area (Å²) in [7, 11) is 0. The summed E-state index contributed by atoms with van der Waals surface area (Å²) in [6.07, 6.45) is -0.585. The van der Waals surface area contributed by atoms with Gasteiger partial charge in [-0.05, 0) is 38.1 Å². The summed E-state index contributed by atoms with van der Waals surface area (Å²) in [5.74, 6) is 1.14. The maximum absolute atomic E-state index is 11.8. The van der Waals surface area contributed by atoms with Gasteiger partial charge in [0.05, 0.1) is 13.2 Å². The van der Waals surface area contributed by atoms with E-state index in [1.54, 1.807) is 19.1 Å². The van der Waals surface area contributed by atoms with Crippen LogP contribution in [0.15, 0.2) is 24.3 Å². The Morgan fingerprint density at radius 3 is 2.11 bits per heavy atom. The molecule has 0 radical (unpaired) electrons. The Morgan fingerprint density at radius 2 is 1.63 bits per heavy atom. The van der Waals surface area contributed by atoms with Gasteiger partial charge < -0.3 is 14.2 Å². The lowest BCUT2D eigenvalue weighted by molar-refractivity contribution is -0.153. The second-order valence-corrected chi connectivity index (χ2v) is 4.44. The molecule has 0 N–H and O–H groups in total. The molecule has 1 atom stereocenters. The number of hydrogen-bond acceptors (Lipinski definition) is 4. The van der Waals surface area contributed by atoms with Gasteiger partial charge in [-0.2, -0.15) is 0 Å². The first kappa shape index (κ1) is 15.3. The molecule has 0 amide bonds. The fraction of sp³-hybridized carbons (Fsp3) is 0.533. The molecule has 4 nitrogen and oxygen atoms in total. The van der Waals surface area contributed by atoms with E-state index in [4.69, 9.17) is 14.2 Å². The minimum absolute atomic E-state index is 0.0469. The van der Waals surface area contributed by atoms with Gasteiger partial charge in [-0.3, -0.25) is 0 Å². The Kier molecular flexibility index (Phi) is 6.19. The van der Waals surface area contributed by atoms with Crippen molar-refractivity contribution in [2.75, 3.05) is 13.2 Å². The van der Waals surface area contributed by atoms with E-state index < -0.39 is 6.10 Å². The van der Waals surface area contributed by atoms with Gasteiger partial charge in [-0.25, -0.2) is 4.79 Å². The number of hydrogen-bond donors (Lipinski definition) is 0. The topological polar surface area (TPSA) is 44.8 Å². The van der Waals surface area contributed by atoms with Gasteiger partial charge in [0.1, 0.15) is 11.5 Å². The lowest BCUT2D eigenvalue weighted by atomic mass is 10.1. The predicted molar refractivity (Wildman–Crippen MR) is 73.5 cm³/mol. The molecule has 1 aromatic carbocycles. The average Bonchev–Trinajstić information content (AvgIpc) is 2.38. The van der Waals surface area contributed by atoms with E-state index >= 15 is 0 Å². The predicted octanol–water partition coefficient (Wildman–Crippen LogP) is 3.05. The summed E-state index contributed by atoms with van der Waals surface area (Å²) in [6, 6.07) is 7.22. The highest BCUT2D eigenvalue weighted by Crippen LogP contribution is 2.21. The van der Waals surface area contributed by atoms with E-state index in [-0.39, 0.29) is 11.9 Å². The minimum Gasteiger partial charge on any atom is -0.494 e. The molecule has 0 aliphatic rings. The summed E-state index contributed by atoms with van der Waals surface area (Å²) in [6.45, 7) is 8.55. The van der Waals surface area contributed by atoms with Crippen LogP contribution in [0.25, 0.3) is 0 Å². The third-order valence-corrected chi connectivity index (χ3v) is 2.52. The van der Waals surface area contributed by atoms with Crippen molar-refractivity contribution in [3.05, 3.63) is 24.3 Å². The molecule has 0 saturated heterocycles. The van der Waals surface area contributed by atoms with Gasteiger partial charge in [0.25, 0.3) is 0 Å². The monoisotopic (exact) mass is 266 g/mol. The lowest BCUT2D eigenvalue weighted by Gasteiger charge is -2.20. The molecule has 0 aliphatic heterocycles. The van der Waals surface area contributed by atoms with Crippen molar-refractivity contribution in [1.29, 1.82) is 0 Å². The van der Waals surface area contributed by atoms with Gasteiger partial charge >= 0.3 is 5.97 Å². The van der Waals surface area contributed by atoms with Crippen LogP contribution in [0.3, 0.4) is 0 Å². The van der Waals surface area contributed by atoms with Crippen molar-refractivity contribution in [1.82, 2.24) is 0 Å². The molecule has 0 saturated carbocycles. The van der Waals surface area contributed by atoms with Crippen molar-refractivity contribution in [2.45, 2.75) is 33.8 Å². The number of benzene rings is 1. The fourth-order valence-electron chi connectivity index (χ4n) is 1.61. The number of carbonyl (C=O) groups excluding carboxylic acids is 1. The lowest BCUT2D eigenvalue weighted by Crippen LogP contribution is -2.34. The van der Waals surface area contributed by atoms with Crippen molar-refractivity contribution in [3.8, 4) is 11.5 Å². The van der Waals surface area contributed by atoms with Crippen LogP contribution in [-0.4, -0.2) is 25.3 Å². The van der Waals surface area contributed by atoms with Crippen LogP contribution in [0, 0.1) is 5.92 Å². The SMILES string of the molecule is CCOC(=O)C(Oc1ccc(OCC)cc1)C(C)C. The zero-order valence-corrected chi connectivity index (χ0v) is 12.0. The van der Waals surface area contributed by atoms with Crippen LogP contribution in [0.5, 0.6) is 11.5 Å². The normalized spacial score (nSPS) is 12.1. The Morgan fingerprint density at radius 1 is 1.05 bits per heavy atom. The fourth-order valence-corrected chi connectivity index (χ4v) is 1.61. The molecular formula is C15H22O4. The minimum atomic E-state index is -0.585. The average molecular weight is 266 g/mol. The van der Waals surface area contributed by atoms with E-state index in [2.05, 4.69) is 0 Å². The summed E-state index contributed by atoms with van der Waals surface area (Å²) in [5, 5.41) is 0. The molecule has 0 aromatic heterocycles. The number of ether oxygens (including phenoxy) is 3. The van der Waals surface area contributed by atoms with Crippen LogP contribution in [0.4, 0.5) is 0 Å². The highest BCUT2D eigenvalue weighted by molar-refractivity contribution is 5.75. The molecule has 106 valence electrons. The molecule has 1 aromatic rings. The first-order valence-electron chi connectivity index (χ1n) is 6.64. The zero-order chi connectivity index (χ0) is 14.3. The molecule has 1 rings (SSSR count). The van der Waals surface area contributed by atoms with E-state index in [1.807, 2.05) is 32.9 Å². The Balaban J connectivity index is 2.70. The Bertz CT molecular complexity index is 384. The third-order valence-electron chi connectivity index (χ3n) is 2.52. The molecule has 0 fully saturated rings. The van der Waals surface area contributed by atoms with Crippen LogP contribution in [-0.2, 0) is 9.53 Å². The standard InChI is InChI=1S/C15H22O4/c1-5-17-12-7-9-13(10-8-12)19-14(11(3)4)15(16)18-6-2/h7-11,14H,5-6H2,1-4H3. The van der Waals surface area contributed by atoms with Gasteiger partial charge in [0.2, 0.25) is 0 Å². The molecule has 19 heavy (non-hydrogen) atoms. The van der Waals surface area contributed by atoms with Crippen molar-refractivity contribution < 1.29 is 19.0 Å². The molecule has 0 spiro atoms. The molecule has 0 aliphatic carbocycles. The number of esters is 1. The first-order valence-corrected chi connectivity index (χ1v) is 6.64. The van der Waals surface area contributed by atoms with Crippen LogP contribution >= 0.6 is 0 Å². The number of carbonyl (C=O) groups is 1. The van der Waals surface area contributed by atoms with Crippen molar-refractivity contribution in [3.63, 3.8) is 0 Å². The van der Waals surface area contributed by atoms with Gasteiger partial charge in [0, 0.05) is 5.92 Å². The van der Waals surface area contributed by atoms with E-state index in [1.165, 1.54) is 0 Å². The smallest absolute Gasteiger partial charge is 0.347 e. The van der Waals surface area contributed by atoms with Gasteiger partial charge in [-0.15, -0.1) is 0 Å². The highest BCUT2D eigenvalue weighted by atomic mass is 16.6. The van der Waals surface area contributed by atoms with Crippen LogP contribution in [0.2, 0.25) is 0 Å². The highest BCUT2D eigenvalue weighted by Gasteiger charge is 2.25. The second-order valence-electron chi connectivity index (χ2n) is 4.44. The molecule has 0 bridgehead atoms. The summed E-state index contributed by atoms with van der Waals surface area (Å²) in [5.41, 5.74) is 0. The summed E-state index contributed by atoms with van der Waals surface area (Å²) < 4.78 is 16.1. The second kappa shape index (κ2) is 7.67. The number of rotatable bonds is 7. The quantitative estimate of drug-likeness (QED) is 0.711. The Labute approximate surface area is 114 Å². The summed E-state index contributed by atoms with van der Waals surface area (Å²) >= 11 is 0. The van der Waals surface area contributed by atoms with Crippen LogP contribution in [0.1, 0.15) is 27.7 Å². The van der Waals surface area contributed by atoms with Gasteiger partial charge in [-0.1, -0.05) is 13.8 Å². The van der Waals surface area contributed by atoms with E-state index in [0.717, 1.165) is 5.75 Å². The summed E-state index contributed by atoms with van der Waals surface area (Å²) in [4.78, 5) is 11.8. The van der Waals surface area contributed by atoms with E-state index in [9.17, 15) is 4.79 Å². The first-order chi connectivity index (χ1) is 9.08. The zero-order valence-electron chi connectivity index (χ0n) is 12.0.